The maximum Gasteiger partial charge on any atom is 0.262 e. The van der Waals surface area contributed by atoms with Crippen molar-refractivity contribution in [3.8, 4) is 5.75 Å². The number of ether oxygens (including phenoxy) is 1. The van der Waals surface area contributed by atoms with E-state index in [4.69, 9.17) is 4.74 Å². The maximum absolute atomic E-state index is 11.6. The summed E-state index contributed by atoms with van der Waals surface area (Å²) in [6, 6.07) is 5.19. The number of carbonyl (C=O) groups excluding carboxylic acids is 2. The van der Waals surface area contributed by atoms with Crippen LogP contribution in [0.15, 0.2) is 18.2 Å². The van der Waals surface area contributed by atoms with E-state index in [1.165, 1.54) is 0 Å². The van der Waals surface area contributed by atoms with Gasteiger partial charge in [0.05, 0.1) is 5.69 Å². The summed E-state index contributed by atoms with van der Waals surface area (Å²) in [6.45, 7) is 2.06. The Labute approximate surface area is 106 Å². The zero-order chi connectivity index (χ0) is 13.0. The van der Waals surface area contributed by atoms with Crippen molar-refractivity contribution in [3.05, 3.63) is 18.2 Å². The highest BCUT2D eigenvalue weighted by molar-refractivity contribution is 5.97. The molecule has 0 radical (unpaired) electrons. The van der Waals surface area contributed by atoms with Crippen LogP contribution >= 0.6 is 0 Å². The van der Waals surface area contributed by atoms with Gasteiger partial charge in [-0.2, -0.15) is 0 Å². The fourth-order valence-electron chi connectivity index (χ4n) is 1.71. The van der Waals surface area contributed by atoms with E-state index in [1.54, 1.807) is 18.2 Å². The lowest BCUT2D eigenvalue weighted by Gasteiger charge is -2.18. The molecule has 5 heteroatoms. The van der Waals surface area contributed by atoms with E-state index < -0.39 is 0 Å². The van der Waals surface area contributed by atoms with Crippen molar-refractivity contribution in [1.82, 2.24) is 0 Å². The smallest absolute Gasteiger partial charge is 0.262 e. The molecule has 0 bridgehead atoms. The summed E-state index contributed by atoms with van der Waals surface area (Å²) in [5, 5.41) is 5.50. The third-order valence-corrected chi connectivity index (χ3v) is 2.66. The first-order chi connectivity index (χ1) is 8.69. The van der Waals surface area contributed by atoms with Crippen molar-refractivity contribution in [2.45, 2.75) is 26.2 Å². The summed E-state index contributed by atoms with van der Waals surface area (Å²) in [5.74, 6) is 0.418. The van der Waals surface area contributed by atoms with E-state index in [-0.39, 0.29) is 18.4 Å². The van der Waals surface area contributed by atoms with Crippen LogP contribution < -0.4 is 15.4 Å². The number of benzene rings is 1. The molecule has 0 unspecified atom stereocenters. The van der Waals surface area contributed by atoms with Gasteiger partial charge in [0, 0.05) is 18.2 Å². The molecule has 1 heterocycles. The molecule has 1 aromatic rings. The third-order valence-electron chi connectivity index (χ3n) is 2.66. The first-order valence-corrected chi connectivity index (χ1v) is 6.05. The topological polar surface area (TPSA) is 67.4 Å². The number of amides is 2. The molecular formula is C13H16N2O3. The van der Waals surface area contributed by atoms with Gasteiger partial charge in [-0.25, -0.2) is 0 Å². The van der Waals surface area contributed by atoms with E-state index >= 15 is 0 Å². The summed E-state index contributed by atoms with van der Waals surface area (Å²) in [6.07, 6.45) is 2.39. The Kier molecular flexibility index (Phi) is 3.82. The molecule has 0 fully saturated rings. The SMILES string of the molecule is CCCCC(=O)Nc1ccc2c(c1)OCC(=O)N2. The molecule has 1 aromatic carbocycles. The zero-order valence-electron chi connectivity index (χ0n) is 10.3. The van der Waals surface area contributed by atoms with Crippen LogP contribution in [0.3, 0.4) is 0 Å². The summed E-state index contributed by atoms with van der Waals surface area (Å²) in [5.41, 5.74) is 1.32. The van der Waals surface area contributed by atoms with E-state index in [0.717, 1.165) is 12.8 Å². The normalized spacial score (nSPS) is 13.3. The monoisotopic (exact) mass is 248 g/mol. The number of unbranched alkanes of at least 4 members (excludes halogenated alkanes) is 1. The van der Waals surface area contributed by atoms with E-state index in [2.05, 4.69) is 10.6 Å². The highest BCUT2D eigenvalue weighted by Gasteiger charge is 2.16. The Hall–Kier alpha value is -2.04. The van der Waals surface area contributed by atoms with Gasteiger partial charge in [0.2, 0.25) is 5.91 Å². The van der Waals surface area contributed by atoms with Gasteiger partial charge >= 0.3 is 0 Å². The standard InChI is InChI=1S/C13H16N2O3/c1-2-3-4-12(16)14-9-5-6-10-11(7-9)18-8-13(17)15-10/h5-7H,2-4,8H2,1H3,(H,14,16)(H,15,17). The lowest BCUT2D eigenvalue weighted by Crippen LogP contribution is -2.25. The first-order valence-electron chi connectivity index (χ1n) is 6.05. The highest BCUT2D eigenvalue weighted by Crippen LogP contribution is 2.30. The zero-order valence-corrected chi connectivity index (χ0v) is 10.3. The van der Waals surface area contributed by atoms with Crippen LogP contribution in [-0.2, 0) is 9.59 Å². The van der Waals surface area contributed by atoms with Crippen molar-refractivity contribution >= 4 is 23.2 Å². The average Bonchev–Trinajstić information content (AvgIpc) is 2.36. The van der Waals surface area contributed by atoms with Gasteiger partial charge in [-0.05, 0) is 18.6 Å². The molecule has 0 saturated heterocycles. The number of hydrogen-bond donors (Lipinski definition) is 2. The van der Waals surface area contributed by atoms with Crippen molar-refractivity contribution in [2.24, 2.45) is 0 Å². The Bertz CT molecular complexity index is 471. The van der Waals surface area contributed by atoms with Crippen LogP contribution in [0, 0.1) is 0 Å². The van der Waals surface area contributed by atoms with Gasteiger partial charge in [0.15, 0.2) is 6.61 Å². The van der Waals surface area contributed by atoms with Gasteiger partial charge in [0.1, 0.15) is 5.75 Å². The van der Waals surface area contributed by atoms with Crippen LogP contribution in [0.25, 0.3) is 0 Å². The van der Waals surface area contributed by atoms with Gasteiger partial charge in [0.25, 0.3) is 5.91 Å². The molecule has 0 saturated carbocycles. The van der Waals surface area contributed by atoms with Gasteiger partial charge < -0.3 is 15.4 Å². The molecule has 2 rings (SSSR count). The van der Waals surface area contributed by atoms with Crippen LogP contribution in [0.1, 0.15) is 26.2 Å². The lowest BCUT2D eigenvalue weighted by molar-refractivity contribution is -0.118. The molecule has 0 atom stereocenters. The van der Waals surface area contributed by atoms with Crippen LogP contribution in [0.4, 0.5) is 11.4 Å². The molecule has 0 spiro atoms. The third kappa shape index (κ3) is 3.00. The minimum absolute atomic E-state index is 0.00311. The molecule has 2 amide bonds. The van der Waals surface area contributed by atoms with Crippen LogP contribution in [0.5, 0.6) is 5.75 Å². The van der Waals surface area contributed by atoms with Crippen molar-refractivity contribution < 1.29 is 14.3 Å². The lowest BCUT2D eigenvalue weighted by atomic mass is 10.2. The molecular weight excluding hydrogens is 232 g/mol. The Morgan fingerprint density at radius 2 is 2.33 bits per heavy atom. The molecule has 2 N–H and O–H groups in total. The van der Waals surface area contributed by atoms with Gasteiger partial charge in [-0.15, -0.1) is 0 Å². The van der Waals surface area contributed by atoms with Crippen LogP contribution in [-0.4, -0.2) is 18.4 Å². The fourth-order valence-corrected chi connectivity index (χ4v) is 1.71. The van der Waals surface area contributed by atoms with E-state index in [9.17, 15) is 9.59 Å². The second-order valence-corrected chi connectivity index (χ2v) is 4.20. The molecule has 96 valence electrons. The Balaban J connectivity index is 2.03. The van der Waals surface area contributed by atoms with Crippen molar-refractivity contribution in [1.29, 1.82) is 0 Å². The molecule has 1 aliphatic heterocycles. The predicted molar refractivity (Wildman–Crippen MR) is 68.7 cm³/mol. The number of rotatable bonds is 4. The van der Waals surface area contributed by atoms with E-state index in [1.807, 2.05) is 6.92 Å². The number of fused-ring (bicyclic) bond motifs is 1. The number of carbonyl (C=O) groups is 2. The average molecular weight is 248 g/mol. The molecule has 1 aliphatic rings. The second-order valence-electron chi connectivity index (χ2n) is 4.20. The van der Waals surface area contributed by atoms with E-state index in [0.29, 0.717) is 23.5 Å². The van der Waals surface area contributed by atoms with Crippen molar-refractivity contribution in [2.75, 3.05) is 17.2 Å². The number of hydrogen-bond acceptors (Lipinski definition) is 3. The van der Waals surface area contributed by atoms with Gasteiger partial charge in [-0.3, -0.25) is 9.59 Å². The summed E-state index contributed by atoms with van der Waals surface area (Å²) in [4.78, 5) is 22.7. The quantitative estimate of drug-likeness (QED) is 0.857. The second kappa shape index (κ2) is 5.53. The molecule has 0 aliphatic carbocycles. The maximum atomic E-state index is 11.6. The first kappa shape index (κ1) is 12.4. The minimum atomic E-state index is -0.165. The van der Waals surface area contributed by atoms with Gasteiger partial charge in [-0.1, -0.05) is 13.3 Å². The minimum Gasteiger partial charge on any atom is -0.482 e. The number of nitrogens with one attached hydrogen (secondary N) is 2. The Morgan fingerprint density at radius 3 is 3.11 bits per heavy atom. The molecule has 18 heavy (non-hydrogen) atoms. The largest absolute Gasteiger partial charge is 0.482 e. The molecule has 0 aromatic heterocycles. The van der Waals surface area contributed by atoms with Crippen LogP contribution in [0.2, 0.25) is 0 Å². The van der Waals surface area contributed by atoms with Crippen molar-refractivity contribution in [3.63, 3.8) is 0 Å². The fraction of sp³-hybridized carbons (Fsp3) is 0.385. The highest BCUT2D eigenvalue weighted by atomic mass is 16.5. The number of anilines is 2. The Morgan fingerprint density at radius 1 is 1.50 bits per heavy atom. The predicted octanol–water partition coefficient (Wildman–Crippen LogP) is 2.15. The summed E-state index contributed by atoms with van der Waals surface area (Å²) >= 11 is 0. The molecule has 5 nitrogen and oxygen atoms in total. The summed E-state index contributed by atoms with van der Waals surface area (Å²) in [7, 11) is 0. The summed E-state index contributed by atoms with van der Waals surface area (Å²) < 4.78 is 5.28.